The lowest BCUT2D eigenvalue weighted by molar-refractivity contribution is 0.0697. The van der Waals surface area contributed by atoms with Crippen molar-refractivity contribution in [2.45, 2.75) is 6.92 Å². The molecule has 0 aliphatic heterocycles. The zero-order chi connectivity index (χ0) is 11.5. The first-order valence-corrected chi connectivity index (χ1v) is 4.80. The lowest BCUT2D eigenvalue weighted by Crippen LogP contribution is -2.01. The fourth-order valence-electron chi connectivity index (χ4n) is 1.47. The van der Waals surface area contributed by atoms with Gasteiger partial charge in [0.25, 0.3) is 0 Å². The predicted octanol–water partition coefficient (Wildman–Crippen LogP) is 2.15. The number of carboxylic acids is 1. The first-order valence-electron chi connectivity index (χ1n) is 4.80. The zero-order valence-electron chi connectivity index (χ0n) is 8.71. The molecule has 0 aliphatic carbocycles. The molecule has 1 aromatic carbocycles. The summed E-state index contributed by atoms with van der Waals surface area (Å²) in [4.78, 5) is 19.2. The van der Waals surface area contributed by atoms with Crippen LogP contribution < -0.4 is 0 Å². The van der Waals surface area contributed by atoms with Crippen molar-refractivity contribution in [3.05, 3.63) is 47.8 Å². The van der Waals surface area contributed by atoms with Gasteiger partial charge >= 0.3 is 5.97 Å². The zero-order valence-corrected chi connectivity index (χ0v) is 8.71. The number of nitrogens with zero attached hydrogens (tertiary/aromatic N) is 2. The van der Waals surface area contributed by atoms with E-state index in [2.05, 4.69) is 9.97 Å². The average molecular weight is 214 g/mol. The molecule has 4 heteroatoms. The van der Waals surface area contributed by atoms with E-state index in [1.165, 1.54) is 0 Å². The molecule has 4 nitrogen and oxygen atoms in total. The van der Waals surface area contributed by atoms with E-state index in [0.29, 0.717) is 11.4 Å². The predicted molar refractivity (Wildman–Crippen MR) is 59.2 cm³/mol. The summed E-state index contributed by atoms with van der Waals surface area (Å²) in [5, 5.41) is 9.06. The van der Waals surface area contributed by atoms with Crippen LogP contribution in [0.5, 0.6) is 0 Å². The third kappa shape index (κ3) is 1.91. The Balaban J connectivity index is 2.63. The van der Waals surface area contributed by atoms with Gasteiger partial charge in [-0.3, -0.25) is 0 Å². The van der Waals surface area contributed by atoms with Crippen LogP contribution in [0.4, 0.5) is 0 Å². The monoisotopic (exact) mass is 214 g/mol. The maximum atomic E-state index is 11.1. The van der Waals surface area contributed by atoms with Crippen LogP contribution in [0.25, 0.3) is 11.4 Å². The Labute approximate surface area is 92.6 Å². The molecule has 0 aliphatic rings. The fraction of sp³-hybridized carbons (Fsp3) is 0.0833. The summed E-state index contributed by atoms with van der Waals surface area (Å²) in [5.41, 5.74) is 1.75. The molecule has 2 rings (SSSR count). The molecule has 0 unspecified atom stereocenters. The summed E-state index contributed by atoms with van der Waals surface area (Å²) < 4.78 is 0. The molecule has 16 heavy (non-hydrogen) atoms. The number of aromatic carboxylic acids is 1. The van der Waals surface area contributed by atoms with Crippen molar-refractivity contribution in [2.75, 3.05) is 0 Å². The van der Waals surface area contributed by atoms with Gasteiger partial charge in [0.2, 0.25) is 0 Å². The van der Waals surface area contributed by atoms with Gasteiger partial charge in [-0.25, -0.2) is 14.8 Å². The van der Waals surface area contributed by atoms with Gasteiger partial charge in [-0.05, 0) is 25.1 Å². The van der Waals surface area contributed by atoms with E-state index in [1.807, 2.05) is 6.92 Å². The molecule has 0 amide bonds. The van der Waals surface area contributed by atoms with E-state index in [1.54, 1.807) is 36.7 Å². The number of carboxylic acid groups (broad SMARTS) is 1. The molecule has 0 fully saturated rings. The van der Waals surface area contributed by atoms with Gasteiger partial charge in [-0.1, -0.05) is 11.6 Å². The topological polar surface area (TPSA) is 63.1 Å². The first-order chi connectivity index (χ1) is 7.68. The molecule has 0 saturated heterocycles. The molecule has 1 N–H and O–H groups in total. The summed E-state index contributed by atoms with van der Waals surface area (Å²) in [5.74, 6) is -0.536. The Morgan fingerprint density at radius 3 is 2.56 bits per heavy atom. The van der Waals surface area contributed by atoms with Gasteiger partial charge < -0.3 is 5.11 Å². The highest BCUT2D eigenvalue weighted by molar-refractivity contribution is 5.95. The van der Waals surface area contributed by atoms with Gasteiger partial charge in [0, 0.05) is 18.0 Å². The van der Waals surface area contributed by atoms with Crippen molar-refractivity contribution in [2.24, 2.45) is 0 Å². The first kappa shape index (κ1) is 10.3. The Kier molecular flexibility index (Phi) is 2.64. The van der Waals surface area contributed by atoms with E-state index in [-0.39, 0.29) is 5.56 Å². The molecule has 2 aromatic rings. The van der Waals surface area contributed by atoms with Crippen molar-refractivity contribution in [1.82, 2.24) is 9.97 Å². The summed E-state index contributed by atoms with van der Waals surface area (Å²) in [6.45, 7) is 1.90. The number of rotatable bonds is 2. The van der Waals surface area contributed by atoms with Gasteiger partial charge in [-0.15, -0.1) is 0 Å². The van der Waals surface area contributed by atoms with E-state index < -0.39 is 5.97 Å². The summed E-state index contributed by atoms with van der Waals surface area (Å²) >= 11 is 0. The molecule has 0 spiro atoms. The lowest BCUT2D eigenvalue weighted by atomic mass is 10.0. The quantitative estimate of drug-likeness (QED) is 0.831. The van der Waals surface area contributed by atoms with Crippen molar-refractivity contribution < 1.29 is 9.90 Å². The van der Waals surface area contributed by atoms with Crippen molar-refractivity contribution >= 4 is 5.97 Å². The molecule has 0 radical (unpaired) electrons. The van der Waals surface area contributed by atoms with Crippen molar-refractivity contribution in [3.63, 3.8) is 0 Å². The Bertz CT molecular complexity index is 524. The smallest absolute Gasteiger partial charge is 0.336 e. The van der Waals surface area contributed by atoms with Gasteiger partial charge in [-0.2, -0.15) is 0 Å². The second-order valence-electron chi connectivity index (χ2n) is 3.43. The number of aryl methyl sites for hydroxylation is 1. The van der Waals surface area contributed by atoms with Crippen molar-refractivity contribution in [3.8, 4) is 11.4 Å². The van der Waals surface area contributed by atoms with E-state index >= 15 is 0 Å². The molecule has 0 atom stereocenters. The highest BCUT2D eigenvalue weighted by atomic mass is 16.4. The van der Waals surface area contributed by atoms with E-state index in [9.17, 15) is 4.79 Å². The Morgan fingerprint density at radius 2 is 1.94 bits per heavy atom. The second kappa shape index (κ2) is 4.10. The lowest BCUT2D eigenvalue weighted by Gasteiger charge is -2.05. The molecule has 1 aromatic heterocycles. The Hall–Kier alpha value is -2.23. The highest BCUT2D eigenvalue weighted by Crippen LogP contribution is 2.21. The second-order valence-corrected chi connectivity index (χ2v) is 3.43. The average Bonchev–Trinajstić information content (AvgIpc) is 2.29. The maximum Gasteiger partial charge on any atom is 0.336 e. The van der Waals surface area contributed by atoms with Crippen LogP contribution in [0, 0.1) is 6.92 Å². The van der Waals surface area contributed by atoms with Crippen LogP contribution in [0.1, 0.15) is 15.9 Å². The normalized spacial score (nSPS) is 10.1. The molecule has 0 saturated carbocycles. The van der Waals surface area contributed by atoms with Crippen LogP contribution in [0.3, 0.4) is 0 Å². The highest BCUT2D eigenvalue weighted by Gasteiger charge is 2.13. The minimum Gasteiger partial charge on any atom is -0.478 e. The van der Waals surface area contributed by atoms with Gasteiger partial charge in [0.1, 0.15) is 0 Å². The minimum absolute atomic E-state index is 0.219. The van der Waals surface area contributed by atoms with Gasteiger partial charge in [0.15, 0.2) is 5.82 Å². The van der Waals surface area contributed by atoms with E-state index in [0.717, 1.165) is 5.56 Å². The SMILES string of the molecule is Cc1ccc(C(=O)O)c(-c2ncccn2)c1. The van der Waals surface area contributed by atoms with Crippen LogP contribution >= 0.6 is 0 Å². The summed E-state index contributed by atoms with van der Waals surface area (Å²) in [6, 6.07) is 6.80. The number of benzene rings is 1. The summed E-state index contributed by atoms with van der Waals surface area (Å²) in [6.07, 6.45) is 3.19. The third-order valence-electron chi connectivity index (χ3n) is 2.21. The number of hydrogen-bond donors (Lipinski definition) is 1. The molecular formula is C12H10N2O2. The van der Waals surface area contributed by atoms with Crippen LogP contribution in [-0.4, -0.2) is 21.0 Å². The van der Waals surface area contributed by atoms with E-state index in [4.69, 9.17) is 5.11 Å². The number of aromatic nitrogens is 2. The van der Waals surface area contributed by atoms with Crippen molar-refractivity contribution in [1.29, 1.82) is 0 Å². The minimum atomic E-state index is -0.970. The maximum absolute atomic E-state index is 11.1. The summed E-state index contributed by atoms with van der Waals surface area (Å²) in [7, 11) is 0. The number of hydrogen-bond acceptors (Lipinski definition) is 3. The number of carbonyl (C=O) groups is 1. The van der Waals surface area contributed by atoms with Gasteiger partial charge in [0.05, 0.1) is 5.56 Å². The third-order valence-corrected chi connectivity index (χ3v) is 2.21. The van der Waals surface area contributed by atoms with Crippen LogP contribution in [0.2, 0.25) is 0 Å². The largest absolute Gasteiger partial charge is 0.478 e. The molecule has 0 bridgehead atoms. The van der Waals surface area contributed by atoms with Crippen LogP contribution in [0.15, 0.2) is 36.7 Å². The standard InChI is InChI=1S/C12H10N2O2/c1-8-3-4-9(12(15)16)10(7-8)11-13-5-2-6-14-11/h2-7H,1H3,(H,15,16). The van der Waals surface area contributed by atoms with Crippen LogP contribution in [-0.2, 0) is 0 Å². The molecular weight excluding hydrogens is 204 g/mol. The Morgan fingerprint density at radius 1 is 1.25 bits per heavy atom. The molecule has 80 valence electrons. The molecule has 1 heterocycles. The fourth-order valence-corrected chi connectivity index (χ4v) is 1.47.